The minimum atomic E-state index is -4.92. The van der Waals surface area contributed by atoms with Gasteiger partial charge < -0.3 is 4.55 Å². The van der Waals surface area contributed by atoms with Gasteiger partial charge in [0.25, 0.3) is 0 Å². The van der Waals surface area contributed by atoms with Crippen molar-refractivity contribution in [3.05, 3.63) is 112 Å². The zero-order valence-electron chi connectivity index (χ0n) is 21.6. The molecule has 0 aromatic heterocycles. The Hall–Kier alpha value is -1.43. The molecule has 1 aliphatic rings. The van der Waals surface area contributed by atoms with Gasteiger partial charge >= 0.3 is 29.6 Å². The second kappa shape index (κ2) is 14.3. The molecule has 35 heavy (non-hydrogen) atoms. The summed E-state index contributed by atoms with van der Waals surface area (Å²) >= 11 is 0. The Kier molecular flexibility index (Phi) is 13.8. The fraction of sp³-hybridized carbons (Fsp3) is 0.400. The first kappa shape index (κ1) is 33.6. The Bertz CT molecular complexity index is 950. The molecule has 0 aromatic rings. The molecule has 186 valence electrons. The average molecular weight is 505 g/mol. The molecule has 1 aliphatic carbocycles. The third kappa shape index (κ3) is 5.47. The van der Waals surface area contributed by atoms with Crippen LogP contribution in [0.5, 0.6) is 0 Å². The van der Waals surface area contributed by atoms with Crippen molar-refractivity contribution in [3.8, 4) is 0 Å². The first-order valence-corrected chi connectivity index (χ1v) is 13.1. The largest absolute Gasteiger partial charge is 1.00 e. The molecule has 0 bridgehead atoms. The van der Waals surface area contributed by atoms with E-state index in [1.54, 1.807) is 30.4 Å². The monoisotopic (exact) mass is 504 g/mol. The second-order valence-electron chi connectivity index (χ2n) is 9.05. The summed E-state index contributed by atoms with van der Waals surface area (Å²) < 4.78 is 39.1. The van der Waals surface area contributed by atoms with Gasteiger partial charge in [-0.15, -0.1) is 52.6 Å². The van der Waals surface area contributed by atoms with Crippen LogP contribution in [0.1, 0.15) is 51.4 Å². The predicted octanol–water partition coefficient (Wildman–Crippen LogP) is 4.78. The van der Waals surface area contributed by atoms with E-state index < -0.39 is 25.7 Å². The van der Waals surface area contributed by atoms with E-state index in [-0.39, 0.29) is 48.3 Å². The van der Waals surface area contributed by atoms with Gasteiger partial charge in [0.1, 0.15) is 10.1 Å². The summed E-state index contributed by atoms with van der Waals surface area (Å²) in [6.07, 6.45) is 16.8. The molecule has 0 spiro atoms. The van der Waals surface area contributed by atoms with Gasteiger partial charge in [0, 0.05) is 5.41 Å². The van der Waals surface area contributed by atoms with Gasteiger partial charge in [0.2, 0.25) is 0 Å². The van der Waals surface area contributed by atoms with Crippen molar-refractivity contribution in [2.45, 2.75) is 56.1 Å². The summed E-state index contributed by atoms with van der Waals surface area (Å²) in [6.45, 7) is 31.8. The normalized spacial score (nSPS) is 22.7. The van der Waals surface area contributed by atoms with Crippen LogP contribution >= 0.6 is 0 Å². The van der Waals surface area contributed by atoms with Crippen molar-refractivity contribution in [2.75, 3.05) is 0 Å². The van der Waals surface area contributed by atoms with E-state index in [9.17, 15) is 13.0 Å². The Morgan fingerprint density at radius 2 is 1.14 bits per heavy atom. The molecule has 0 fully saturated rings. The van der Waals surface area contributed by atoms with Crippen LogP contribution in [0.25, 0.3) is 0 Å². The molecule has 3 nitrogen and oxygen atoms in total. The third-order valence-corrected chi connectivity index (χ3v) is 9.32. The van der Waals surface area contributed by atoms with Crippen LogP contribution in [0.4, 0.5) is 0 Å². The summed E-state index contributed by atoms with van der Waals surface area (Å²) in [6, 6.07) is 0. The minimum Gasteiger partial charge on any atom is -0.747 e. The van der Waals surface area contributed by atoms with Gasteiger partial charge in [-0.3, -0.25) is 0 Å². The van der Waals surface area contributed by atoms with Crippen LogP contribution < -0.4 is 29.6 Å². The van der Waals surface area contributed by atoms with E-state index in [4.69, 9.17) is 0 Å². The summed E-state index contributed by atoms with van der Waals surface area (Å²) in [5, 5.41) is 0. The van der Waals surface area contributed by atoms with Gasteiger partial charge in [0.15, 0.2) is 0 Å². The Labute approximate surface area is 236 Å². The van der Waals surface area contributed by atoms with E-state index in [1.807, 2.05) is 18.2 Å². The maximum atomic E-state index is 13.6. The quantitative estimate of drug-likeness (QED) is 0.163. The maximum Gasteiger partial charge on any atom is 1.00 e. The van der Waals surface area contributed by atoms with Gasteiger partial charge in [-0.1, -0.05) is 54.2 Å². The fourth-order valence-electron chi connectivity index (χ4n) is 6.82. The molecule has 0 saturated carbocycles. The van der Waals surface area contributed by atoms with Crippen molar-refractivity contribution >= 4 is 10.1 Å². The van der Waals surface area contributed by atoms with Crippen LogP contribution in [-0.4, -0.2) is 17.7 Å². The molecule has 2 atom stereocenters. The van der Waals surface area contributed by atoms with Gasteiger partial charge in [-0.25, -0.2) is 8.42 Å². The standard InChI is InChI=1S/C30H42O3S.Na/c1-9-17-25-26(18-10-2)28(20-12-4,21-13-5)29(22-14-6,23-15-7)30(24-16-8,34(31,32)33)27(25)19-11-3;/h9-16,26H,1-8,17-24H2,(H,31,32,33);/q;+1/p-1. The fourth-order valence-corrected chi connectivity index (χ4v) is 8.51. The molecule has 1 rings (SSSR count). The Morgan fingerprint density at radius 1 is 0.686 bits per heavy atom. The molecular formula is C30H41NaO3S. The van der Waals surface area contributed by atoms with Crippen molar-refractivity contribution in [3.63, 3.8) is 0 Å². The van der Waals surface area contributed by atoms with Crippen molar-refractivity contribution < 1.29 is 42.5 Å². The number of rotatable bonds is 17. The zero-order valence-corrected chi connectivity index (χ0v) is 24.5. The molecule has 0 N–H and O–H groups in total. The molecule has 5 heteroatoms. The van der Waals surface area contributed by atoms with E-state index >= 15 is 0 Å². The van der Waals surface area contributed by atoms with E-state index in [0.29, 0.717) is 44.1 Å². The summed E-state index contributed by atoms with van der Waals surface area (Å²) in [7, 11) is -4.92. The molecule has 0 amide bonds. The molecule has 0 aliphatic heterocycles. The van der Waals surface area contributed by atoms with E-state index in [0.717, 1.165) is 5.57 Å². The second-order valence-corrected chi connectivity index (χ2v) is 10.7. The van der Waals surface area contributed by atoms with Crippen molar-refractivity contribution in [1.82, 2.24) is 0 Å². The van der Waals surface area contributed by atoms with Crippen LogP contribution in [0, 0.1) is 16.7 Å². The maximum absolute atomic E-state index is 13.6. The average Bonchev–Trinajstić information content (AvgIpc) is 2.76. The SMILES string of the molecule is C=CCC1=C(CC=C)C(CC=C)(S(=O)(=O)[O-])C(CC=C)(CC=C)C(CC=C)(CC=C)C1CC=C.[Na+]. The van der Waals surface area contributed by atoms with Gasteiger partial charge in [0.05, 0.1) is 4.75 Å². The topological polar surface area (TPSA) is 57.2 Å². The first-order chi connectivity index (χ1) is 16.1. The van der Waals surface area contributed by atoms with Gasteiger partial charge in [-0.2, -0.15) is 0 Å². The van der Waals surface area contributed by atoms with Crippen molar-refractivity contribution in [2.24, 2.45) is 16.7 Å². The predicted molar refractivity (Wildman–Crippen MR) is 146 cm³/mol. The van der Waals surface area contributed by atoms with Crippen LogP contribution in [0.2, 0.25) is 0 Å². The van der Waals surface area contributed by atoms with Crippen LogP contribution in [-0.2, 0) is 10.1 Å². The molecule has 0 heterocycles. The molecular weight excluding hydrogens is 463 g/mol. The Balaban J connectivity index is 0.0000116. The summed E-state index contributed by atoms with van der Waals surface area (Å²) in [5.41, 5.74) is -0.284. The minimum absolute atomic E-state index is 0. The molecule has 0 aromatic carbocycles. The van der Waals surface area contributed by atoms with E-state index in [2.05, 4.69) is 52.6 Å². The summed E-state index contributed by atoms with van der Waals surface area (Å²) in [4.78, 5) is 0. The number of hydrogen-bond donors (Lipinski definition) is 0. The van der Waals surface area contributed by atoms with Gasteiger partial charge in [-0.05, 0) is 68.3 Å². The molecule has 2 unspecified atom stereocenters. The summed E-state index contributed by atoms with van der Waals surface area (Å²) in [5.74, 6) is -0.117. The smallest absolute Gasteiger partial charge is 0.747 e. The first-order valence-electron chi connectivity index (χ1n) is 11.7. The Morgan fingerprint density at radius 3 is 1.49 bits per heavy atom. The molecule has 0 saturated heterocycles. The zero-order chi connectivity index (χ0) is 26.0. The van der Waals surface area contributed by atoms with Crippen molar-refractivity contribution in [1.29, 1.82) is 0 Å². The van der Waals surface area contributed by atoms with E-state index in [1.165, 1.54) is 0 Å². The number of hydrogen-bond acceptors (Lipinski definition) is 3. The number of allylic oxidation sites excluding steroid dienone is 9. The van der Waals surface area contributed by atoms with Crippen LogP contribution in [0.15, 0.2) is 112 Å². The molecule has 0 radical (unpaired) electrons. The van der Waals surface area contributed by atoms with Crippen LogP contribution in [0.3, 0.4) is 0 Å². The third-order valence-electron chi connectivity index (χ3n) is 7.67.